The molecule has 0 radical (unpaired) electrons. The zero-order valence-corrected chi connectivity index (χ0v) is 15.5. The molecule has 3 aromatic rings. The summed E-state index contributed by atoms with van der Waals surface area (Å²) in [7, 11) is 1.61. The second kappa shape index (κ2) is 7.42. The molecule has 1 aromatic carbocycles. The summed E-state index contributed by atoms with van der Waals surface area (Å²) < 4.78 is 10.7. The van der Waals surface area contributed by atoms with Gasteiger partial charge in [0.1, 0.15) is 10.8 Å². The third kappa shape index (κ3) is 4.02. The number of methoxy groups -OCH3 is 1. The van der Waals surface area contributed by atoms with Gasteiger partial charge in [-0.05, 0) is 37.1 Å². The third-order valence-electron chi connectivity index (χ3n) is 3.68. The summed E-state index contributed by atoms with van der Waals surface area (Å²) >= 11 is 2.61. The highest BCUT2D eigenvalue weighted by Gasteiger charge is 2.27. The first-order chi connectivity index (χ1) is 12.7. The van der Waals surface area contributed by atoms with Crippen molar-refractivity contribution in [2.45, 2.75) is 24.0 Å². The van der Waals surface area contributed by atoms with Gasteiger partial charge in [0.2, 0.25) is 16.9 Å². The predicted molar refractivity (Wildman–Crippen MR) is 97.5 cm³/mol. The van der Waals surface area contributed by atoms with E-state index in [4.69, 9.17) is 9.15 Å². The maximum Gasteiger partial charge on any atom is 0.277 e. The fraction of sp³-hybridized carbons (Fsp3) is 0.312. The lowest BCUT2D eigenvalue weighted by molar-refractivity contribution is -0.113. The second-order valence-electron chi connectivity index (χ2n) is 5.66. The summed E-state index contributed by atoms with van der Waals surface area (Å²) in [4.78, 5) is 12.0. The molecular weight excluding hydrogens is 374 g/mol. The van der Waals surface area contributed by atoms with Crippen molar-refractivity contribution in [2.24, 2.45) is 0 Å². The SMILES string of the molecule is COc1ccc(-c2nnc(SCC(=O)Nc3nnc(C4CC4)s3)o2)cc1. The van der Waals surface area contributed by atoms with Crippen LogP contribution in [0.2, 0.25) is 0 Å². The van der Waals surface area contributed by atoms with Gasteiger partial charge in [0, 0.05) is 11.5 Å². The van der Waals surface area contributed by atoms with Crippen LogP contribution in [0.15, 0.2) is 33.9 Å². The first kappa shape index (κ1) is 17.0. The van der Waals surface area contributed by atoms with Crippen LogP contribution in [0, 0.1) is 0 Å². The first-order valence-corrected chi connectivity index (χ1v) is 9.75. The van der Waals surface area contributed by atoms with Crippen molar-refractivity contribution in [3.63, 3.8) is 0 Å². The smallest absolute Gasteiger partial charge is 0.277 e. The molecule has 1 aliphatic rings. The zero-order valence-electron chi connectivity index (χ0n) is 13.8. The number of nitrogens with one attached hydrogen (secondary N) is 1. The summed E-state index contributed by atoms with van der Waals surface area (Å²) in [5.41, 5.74) is 0.788. The molecule has 1 saturated carbocycles. The molecule has 0 aliphatic heterocycles. The molecule has 2 heterocycles. The molecule has 8 nitrogen and oxygen atoms in total. The average Bonchev–Trinajstić information content (AvgIpc) is 3.23. The Balaban J connectivity index is 1.31. The summed E-state index contributed by atoms with van der Waals surface area (Å²) in [6, 6.07) is 7.30. The van der Waals surface area contributed by atoms with E-state index in [0.29, 0.717) is 22.2 Å². The lowest BCUT2D eigenvalue weighted by Gasteiger charge is -1.99. The van der Waals surface area contributed by atoms with Crippen LogP contribution in [0.1, 0.15) is 23.8 Å². The van der Waals surface area contributed by atoms with E-state index in [1.807, 2.05) is 24.3 Å². The van der Waals surface area contributed by atoms with Crippen molar-refractivity contribution in [3.05, 3.63) is 29.3 Å². The van der Waals surface area contributed by atoms with Gasteiger partial charge in [0.15, 0.2) is 0 Å². The molecule has 2 aromatic heterocycles. The molecule has 0 unspecified atom stereocenters. The summed E-state index contributed by atoms with van der Waals surface area (Å²) in [6.07, 6.45) is 2.32. The van der Waals surface area contributed by atoms with E-state index in [2.05, 4.69) is 25.7 Å². The van der Waals surface area contributed by atoms with Gasteiger partial charge < -0.3 is 9.15 Å². The fourth-order valence-corrected chi connectivity index (χ4v) is 3.67. The Bertz CT molecular complexity index is 905. The number of benzene rings is 1. The number of hydrogen-bond donors (Lipinski definition) is 1. The number of anilines is 1. The Morgan fingerprint density at radius 2 is 2.08 bits per heavy atom. The van der Waals surface area contributed by atoms with E-state index < -0.39 is 0 Å². The molecule has 10 heteroatoms. The van der Waals surface area contributed by atoms with Gasteiger partial charge in [-0.2, -0.15) is 0 Å². The van der Waals surface area contributed by atoms with E-state index >= 15 is 0 Å². The predicted octanol–water partition coefficient (Wildman–Crippen LogP) is 3.20. The van der Waals surface area contributed by atoms with Crippen molar-refractivity contribution < 1.29 is 13.9 Å². The average molecular weight is 389 g/mol. The second-order valence-corrected chi connectivity index (χ2v) is 7.59. The normalized spacial score (nSPS) is 13.6. The highest BCUT2D eigenvalue weighted by Crippen LogP contribution is 2.42. The number of rotatable bonds is 7. The molecule has 1 fully saturated rings. The highest BCUT2D eigenvalue weighted by molar-refractivity contribution is 7.99. The fourth-order valence-electron chi connectivity index (χ4n) is 2.18. The van der Waals surface area contributed by atoms with E-state index in [1.165, 1.54) is 23.1 Å². The molecule has 0 spiro atoms. The largest absolute Gasteiger partial charge is 0.497 e. The van der Waals surface area contributed by atoms with Crippen molar-refractivity contribution in [1.29, 1.82) is 0 Å². The Morgan fingerprint density at radius 1 is 1.27 bits per heavy atom. The minimum absolute atomic E-state index is 0.155. The maximum absolute atomic E-state index is 12.0. The molecule has 1 aliphatic carbocycles. The monoisotopic (exact) mass is 389 g/mol. The van der Waals surface area contributed by atoms with Gasteiger partial charge >= 0.3 is 0 Å². The van der Waals surface area contributed by atoms with Crippen molar-refractivity contribution >= 4 is 34.1 Å². The minimum atomic E-state index is -0.183. The van der Waals surface area contributed by atoms with E-state index in [1.54, 1.807) is 7.11 Å². The van der Waals surface area contributed by atoms with Crippen LogP contribution in [0.25, 0.3) is 11.5 Å². The van der Waals surface area contributed by atoms with Crippen molar-refractivity contribution in [1.82, 2.24) is 20.4 Å². The number of amides is 1. The van der Waals surface area contributed by atoms with Gasteiger partial charge in [0.05, 0.1) is 12.9 Å². The van der Waals surface area contributed by atoms with Crippen LogP contribution in [0.5, 0.6) is 5.75 Å². The highest BCUT2D eigenvalue weighted by atomic mass is 32.2. The molecular formula is C16H15N5O3S2. The maximum atomic E-state index is 12.0. The molecule has 26 heavy (non-hydrogen) atoms. The lowest BCUT2D eigenvalue weighted by atomic mass is 10.2. The molecule has 1 amide bonds. The molecule has 0 bridgehead atoms. The van der Waals surface area contributed by atoms with Gasteiger partial charge in [-0.25, -0.2) is 0 Å². The van der Waals surface area contributed by atoms with Crippen LogP contribution < -0.4 is 10.1 Å². The van der Waals surface area contributed by atoms with Gasteiger partial charge in [-0.1, -0.05) is 23.1 Å². The topological polar surface area (TPSA) is 103 Å². The van der Waals surface area contributed by atoms with Crippen LogP contribution >= 0.6 is 23.1 Å². The van der Waals surface area contributed by atoms with E-state index in [-0.39, 0.29) is 11.7 Å². The molecule has 134 valence electrons. The van der Waals surface area contributed by atoms with Crippen LogP contribution in [-0.2, 0) is 4.79 Å². The number of hydrogen-bond acceptors (Lipinski definition) is 9. The number of carbonyl (C=O) groups excluding carboxylic acids is 1. The lowest BCUT2D eigenvalue weighted by Crippen LogP contribution is -2.13. The summed E-state index contributed by atoms with van der Waals surface area (Å²) in [5, 5.41) is 20.7. The zero-order chi connectivity index (χ0) is 17.9. The Kier molecular flexibility index (Phi) is 4.85. The summed E-state index contributed by atoms with van der Waals surface area (Å²) in [5.74, 6) is 1.65. The molecule has 1 N–H and O–H groups in total. The van der Waals surface area contributed by atoms with E-state index in [0.717, 1.165) is 29.2 Å². The third-order valence-corrected chi connectivity index (χ3v) is 5.50. The number of thioether (sulfide) groups is 1. The Hall–Kier alpha value is -2.46. The van der Waals surface area contributed by atoms with Crippen molar-refractivity contribution in [3.8, 4) is 17.2 Å². The van der Waals surface area contributed by atoms with Gasteiger partial charge in [-0.3, -0.25) is 10.1 Å². The number of carbonyl (C=O) groups is 1. The summed E-state index contributed by atoms with van der Waals surface area (Å²) in [6.45, 7) is 0. The van der Waals surface area contributed by atoms with Crippen LogP contribution in [0.4, 0.5) is 5.13 Å². The Morgan fingerprint density at radius 3 is 2.81 bits per heavy atom. The van der Waals surface area contributed by atoms with Crippen LogP contribution in [0.3, 0.4) is 0 Å². The Labute approximate surface area is 157 Å². The first-order valence-electron chi connectivity index (χ1n) is 7.95. The van der Waals surface area contributed by atoms with Crippen LogP contribution in [-0.4, -0.2) is 39.2 Å². The van der Waals surface area contributed by atoms with E-state index in [9.17, 15) is 4.79 Å². The molecule has 4 rings (SSSR count). The number of ether oxygens (including phenoxy) is 1. The van der Waals surface area contributed by atoms with Gasteiger partial charge in [-0.15, -0.1) is 20.4 Å². The number of nitrogens with zero attached hydrogens (tertiary/aromatic N) is 4. The minimum Gasteiger partial charge on any atom is -0.497 e. The number of aromatic nitrogens is 4. The quantitative estimate of drug-likeness (QED) is 0.615. The molecule has 0 atom stereocenters. The standard InChI is InChI=1S/C16H15N5O3S2/c1-23-11-6-4-9(5-7-11)13-18-21-16(24-13)25-8-12(22)17-15-20-19-14(26-15)10-2-3-10/h4-7,10H,2-3,8H2,1H3,(H,17,20,22). The molecule has 0 saturated heterocycles. The van der Waals surface area contributed by atoms with Gasteiger partial charge in [0.25, 0.3) is 5.22 Å². The van der Waals surface area contributed by atoms with Crippen molar-refractivity contribution in [2.75, 3.05) is 18.2 Å².